The number of hydrogen-bond donors (Lipinski definition) is 2. The minimum atomic E-state index is -3.53. The fraction of sp³-hybridized carbons (Fsp3) is 0.222. The summed E-state index contributed by atoms with van der Waals surface area (Å²) in [5.41, 5.74) is 1.57. The number of hydrogen-bond acceptors (Lipinski definition) is 4. The molecule has 0 saturated heterocycles. The Morgan fingerprint density at radius 2 is 1.77 bits per heavy atom. The number of anilines is 1. The molecule has 1 atom stereocenters. The smallest absolute Gasteiger partial charge is 0.226 e. The van der Waals surface area contributed by atoms with E-state index in [-0.39, 0.29) is 18.1 Å². The third-order valence-electron chi connectivity index (χ3n) is 3.57. The van der Waals surface area contributed by atoms with Gasteiger partial charge < -0.3 is 5.32 Å². The van der Waals surface area contributed by atoms with Crippen molar-refractivity contribution in [1.82, 2.24) is 4.72 Å². The lowest BCUT2D eigenvalue weighted by Crippen LogP contribution is -2.30. The van der Waals surface area contributed by atoms with Crippen molar-refractivity contribution in [3.8, 4) is 0 Å². The molecule has 0 aliphatic carbocycles. The Balaban J connectivity index is 2.16. The van der Waals surface area contributed by atoms with E-state index in [9.17, 15) is 18.0 Å². The summed E-state index contributed by atoms with van der Waals surface area (Å²) in [6.07, 6.45) is 0.920. The molecule has 1 unspecified atom stereocenters. The number of nitrogens with one attached hydrogen (secondary N) is 2. The standard InChI is InChI=1S/C18H19ClN2O4S/c1-12(22)14-4-3-5-16(10-14)20-18(23)11-17(21-26(2,24)25)13-6-8-15(19)9-7-13/h3-10,17,21H,11H2,1-2H3,(H,20,23). The van der Waals surface area contributed by atoms with Crippen LogP contribution in [0, 0.1) is 0 Å². The molecule has 0 spiro atoms. The summed E-state index contributed by atoms with van der Waals surface area (Å²) in [6, 6.07) is 12.4. The van der Waals surface area contributed by atoms with Crippen molar-refractivity contribution in [2.45, 2.75) is 19.4 Å². The van der Waals surface area contributed by atoms with E-state index in [0.717, 1.165) is 6.26 Å². The van der Waals surface area contributed by atoms with Crippen LogP contribution in [0.4, 0.5) is 5.69 Å². The number of rotatable bonds is 7. The molecule has 0 radical (unpaired) electrons. The first-order valence-corrected chi connectivity index (χ1v) is 10.0. The highest BCUT2D eigenvalue weighted by Gasteiger charge is 2.20. The predicted molar refractivity (Wildman–Crippen MR) is 102 cm³/mol. The van der Waals surface area contributed by atoms with Crippen LogP contribution in [0.5, 0.6) is 0 Å². The van der Waals surface area contributed by atoms with E-state index in [1.54, 1.807) is 48.5 Å². The summed E-state index contributed by atoms with van der Waals surface area (Å²) in [4.78, 5) is 23.8. The molecule has 2 aromatic carbocycles. The van der Waals surface area contributed by atoms with E-state index >= 15 is 0 Å². The number of Topliss-reactive ketones (excluding diaryl/α,β-unsaturated/α-hetero) is 1. The molecular weight excluding hydrogens is 376 g/mol. The van der Waals surface area contributed by atoms with Gasteiger partial charge in [-0.2, -0.15) is 0 Å². The first kappa shape index (κ1) is 20.1. The Kier molecular flexibility index (Phi) is 6.52. The van der Waals surface area contributed by atoms with Crippen LogP contribution in [-0.4, -0.2) is 26.4 Å². The molecule has 2 rings (SSSR count). The minimum Gasteiger partial charge on any atom is -0.326 e. The monoisotopic (exact) mass is 394 g/mol. The van der Waals surface area contributed by atoms with Gasteiger partial charge in [0.1, 0.15) is 0 Å². The van der Waals surface area contributed by atoms with Crippen molar-refractivity contribution in [1.29, 1.82) is 0 Å². The average Bonchev–Trinajstić information content (AvgIpc) is 2.53. The third kappa shape index (κ3) is 6.25. The van der Waals surface area contributed by atoms with Crippen LogP contribution in [0.1, 0.15) is 35.3 Å². The first-order chi connectivity index (χ1) is 12.1. The zero-order chi connectivity index (χ0) is 19.3. The summed E-state index contributed by atoms with van der Waals surface area (Å²) < 4.78 is 25.7. The van der Waals surface area contributed by atoms with Crippen LogP contribution >= 0.6 is 11.6 Å². The third-order valence-corrected chi connectivity index (χ3v) is 4.54. The molecule has 0 aliphatic rings. The molecule has 0 bridgehead atoms. The Morgan fingerprint density at radius 3 is 2.35 bits per heavy atom. The molecule has 1 amide bonds. The Bertz CT molecular complexity index is 911. The zero-order valence-electron chi connectivity index (χ0n) is 14.3. The van der Waals surface area contributed by atoms with Crippen LogP contribution in [0.2, 0.25) is 5.02 Å². The van der Waals surface area contributed by atoms with Crippen molar-refractivity contribution in [2.24, 2.45) is 0 Å². The molecule has 0 saturated carbocycles. The van der Waals surface area contributed by atoms with Gasteiger partial charge in [-0.1, -0.05) is 35.9 Å². The Labute approximate surface area is 157 Å². The highest BCUT2D eigenvalue weighted by molar-refractivity contribution is 7.88. The average molecular weight is 395 g/mol. The van der Waals surface area contributed by atoms with E-state index in [0.29, 0.717) is 21.8 Å². The SMILES string of the molecule is CC(=O)c1cccc(NC(=O)CC(NS(C)(=O)=O)c2ccc(Cl)cc2)c1. The van der Waals surface area contributed by atoms with Gasteiger partial charge in [0.2, 0.25) is 15.9 Å². The predicted octanol–water partition coefficient (Wildman–Crippen LogP) is 3.16. The second-order valence-electron chi connectivity index (χ2n) is 5.88. The maximum absolute atomic E-state index is 12.4. The van der Waals surface area contributed by atoms with Crippen molar-refractivity contribution in [3.63, 3.8) is 0 Å². The molecule has 0 fully saturated rings. The molecule has 6 nitrogen and oxygen atoms in total. The first-order valence-electron chi connectivity index (χ1n) is 7.77. The number of halogens is 1. The van der Waals surface area contributed by atoms with Gasteiger partial charge >= 0.3 is 0 Å². The Hall–Kier alpha value is -2.22. The molecule has 0 heterocycles. The van der Waals surface area contributed by atoms with Crippen LogP contribution in [0.3, 0.4) is 0 Å². The molecule has 26 heavy (non-hydrogen) atoms. The van der Waals surface area contributed by atoms with Crippen LogP contribution in [-0.2, 0) is 14.8 Å². The highest BCUT2D eigenvalue weighted by atomic mass is 35.5. The number of carbonyl (C=O) groups excluding carboxylic acids is 2. The molecule has 2 aromatic rings. The van der Waals surface area contributed by atoms with Crippen molar-refractivity contribution in [3.05, 3.63) is 64.7 Å². The normalized spacial score (nSPS) is 12.4. The van der Waals surface area contributed by atoms with Crippen molar-refractivity contribution in [2.75, 3.05) is 11.6 Å². The number of benzene rings is 2. The lowest BCUT2D eigenvalue weighted by molar-refractivity contribution is -0.116. The maximum Gasteiger partial charge on any atom is 0.226 e. The zero-order valence-corrected chi connectivity index (χ0v) is 15.9. The highest BCUT2D eigenvalue weighted by Crippen LogP contribution is 2.21. The lowest BCUT2D eigenvalue weighted by atomic mass is 10.0. The topological polar surface area (TPSA) is 92.3 Å². The van der Waals surface area contributed by atoms with Crippen LogP contribution in [0.25, 0.3) is 0 Å². The van der Waals surface area contributed by atoms with Gasteiger partial charge in [0.05, 0.1) is 12.3 Å². The van der Waals surface area contributed by atoms with Gasteiger partial charge in [-0.25, -0.2) is 13.1 Å². The molecule has 8 heteroatoms. The lowest BCUT2D eigenvalue weighted by Gasteiger charge is -2.18. The quantitative estimate of drug-likeness (QED) is 0.705. The molecular formula is C18H19ClN2O4S. The number of amides is 1. The van der Waals surface area contributed by atoms with Crippen LogP contribution in [0.15, 0.2) is 48.5 Å². The summed E-state index contributed by atoms with van der Waals surface area (Å²) in [6.45, 7) is 1.44. The van der Waals surface area contributed by atoms with Gasteiger partial charge in [0.15, 0.2) is 5.78 Å². The van der Waals surface area contributed by atoms with Gasteiger partial charge in [-0.3, -0.25) is 9.59 Å². The molecule has 0 aliphatic heterocycles. The fourth-order valence-corrected chi connectivity index (χ4v) is 3.26. The number of ketones is 1. The van der Waals surface area contributed by atoms with E-state index in [1.807, 2.05) is 0 Å². The maximum atomic E-state index is 12.4. The second kappa shape index (κ2) is 8.44. The molecule has 138 valence electrons. The summed E-state index contributed by atoms with van der Waals surface area (Å²) >= 11 is 5.86. The van der Waals surface area contributed by atoms with E-state index in [2.05, 4.69) is 10.0 Å². The second-order valence-corrected chi connectivity index (χ2v) is 8.10. The van der Waals surface area contributed by atoms with E-state index in [4.69, 9.17) is 11.6 Å². The van der Waals surface area contributed by atoms with E-state index in [1.165, 1.54) is 6.92 Å². The molecule has 0 aromatic heterocycles. The summed E-state index contributed by atoms with van der Waals surface area (Å²) in [5, 5.41) is 3.19. The Morgan fingerprint density at radius 1 is 1.12 bits per heavy atom. The number of carbonyl (C=O) groups is 2. The summed E-state index contributed by atoms with van der Waals surface area (Å²) in [7, 11) is -3.53. The fourth-order valence-electron chi connectivity index (χ4n) is 2.39. The van der Waals surface area contributed by atoms with Gasteiger partial charge in [-0.05, 0) is 36.8 Å². The van der Waals surface area contributed by atoms with Gasteiger partial charge in [0, 0.05) is 22.7 Å². The minimum absolute atomic E-state index is 0.112. The van der Waals surface area contributed by atoms with Gasteiger partial charge in [0.25, 0.3) is 0 Å². The number of sulfonamides is 1. The van der Waals surface area contributed by atoms with Crippen LogP contribution < -0.4 is 10.0 Å². The van der Waals surface area contributed by atoms with Crippen molar-refractivity contribution < 1.29 is 18.0 Å². The van der Waals surface area contributed by atoms with Gasteiger partial charge in [-0.15, -0.1) is 0 Å². The summed E-state index contributed by atoms with van der Waals surface area (Å²) in [5.74, 6) is -0.499. The van der Waals surface area contributed by atoms with Crippen molar-refractivity contribution >= 4 is 39.0 Å². The van der Waals surface area contributed by atoms with E-state index < -0.39 is 16.1 Å². The largest absolute Gasteiger partial charge is 0.326 e. The molecule has 2 N–H and O–H groups in total.